The van der Waals surface area contributed by atoms with Gasteiger partial charge in [-0.15, -0.1) is 24.0 Å². The highest BCUT2D eigenvalue weighted by molar-refractivity contribution is 14.0. The van der Waals surface area contributed by atoms with Gasteiger partial charge < -0.3 is 10.2 Å². The zero-order chi connectivity index (χ0) is 14.8. The molecule has 0 aromatic rings. The van der Waals surface area contributed by atoms with Gasteiger partial charge in [-0.1, -0.05) is 13.8 Å². The van der Waals surface area contributed by atoms with E-state index < -0.39 is 9.84 Å². The molecule has 0 aromatic heterocycles. The van der Waals surface area contributed by atoms with Crippen molar-refractivity contribution < 1.29 is 8.42 Å². The molecule has 0 bridgehead atoms. The monoisotopic (exact) mass is 429 g/mol. The number of nitrogens with one attached hydrogen (secondary N) is 1. The van der Waals surface area contributed by atoms with Crippen molar-refractivity contribution in [2.45, 2.75) is 33.6 Å². The minimum atomic E-state index is -2.80. The number of sulfone groups is 1. The van der Waals surface area contributed by atoms with Crippen molar-refractivity contribution in [2.75, 3.05) is 37.7 Å². The third kappa shape index (κ3) is 5.58. The second-order valence-corrected chi connectivity index (χ2v) is 9.03. The number of hydrogen-bond acceptors (Lipinski definition) is 3. The van der Waals surface area contributed by atoms with Gasteiger partial charge in [0.2, 0.25) is 0 Å². The molecular formula is C14H28IN3O2S. The minimum Gasteiger partial charge on any atom is -0.357 e. The molecule has 2 aliphatic heterocycles. The summed E-state index contributed by atoms with van der Waals surface area (Å²) >= 11 is 0. The topological polar surface area (TPSA) is 61.8 Å². The lowest BCUT2D eigenvalue weighted by Crippen LogP contribution is -2.41. The normalized spacial score (nSPS) is 27.5. The third-order valence-electron chi connectivity index (χ3n) is 4.14. The Hall–Kier alpha value is -0.0500. The molecule has 2 rings (SSSR count). The summed E-state index contributed by atoms with van der Waals surface area (Å²) in [6.07, 6.45) is 1.94. The summed E-state index contributed by atoms with van der Waals surface area (Å²) in [5.74, 6) is 1.79. The van der Waals surface area contributed by atoms with Crippen molar-refractivity contribution in [3.63, 3.8) is 0 Å². The third-order valence-corrected chi connectivity index (χ3v) is 5.97. The van der Waals surface area contributed by atoms with Crippen LogP contribution in [0.15, 0.2) is 4.99 Å². The summed E-state index contributed by atoms with van der Waals surface area (Å²) in [7, 11) is -2.80. The van der Waals surface area contributed by atoms with E-state index in [4.69, 9.17) is 0 Å². The molecule has 7 heteroatoms. The number of likely N-dealkylation sites (tertiary alicyclic amines) is 1. The maximum absolute atomic E-state index is 11.5. The Morgan fingerprint density at radius 3 is 2.62 bits per heavy atom. The maximum atomic E-state index is 11.5. The Morgan fingerprint density at radius 1 is 1.43 bits per heavy atom. The summed E-state index contributed by atoms with van der Waals surface area (Å²) < 4.78 is 23.0. The molecule has 0 saturated carbocycles. The molecule has 2 fully saturated rings. The van der Waals surface area contributed by atoms with Gasteiger partial charge in [-0.25, -0.2) is 8.42 Å². The van der Waals surface area contributed by atoms with E-state index in [2.05, 4.69) is 36.0 Å². The molecule has 0 aromatic carbocycles. The van der Waals surface area contributed by atoms with E-state index in [1.807, 2.05) is 0 Å². The fraction of sp³-hybridized carbons (Fsp3) is 0.929. The highest BCUT2D eigenvalue weighted by Gasteiger charge is 2.31. The van der Waals surface area contributed by atoms with Gasteiger partial charge in [0.25, 0.3) is 0 Å². The molecule has 0 amide bonds. The summed E-state index contributed by atoms with van der Waals surface area (Å²) in [6, 6.07) is 0. The number of rotatable bonds is 3. The summed E-state index contributed by atoms with van der Waals surface area (Å²) in [6.45, 7) is 10.1. The van der Waals surface area contributed by atoms with Gasteiger partial charge in [0, 0.05) is 26.2 Å². The smallest absolute Gasteiger partial charge is 0.193 e. The van der Waals surface area contributed by atoms with Crippen LogP contribution in [0.2, 0.25) is 0 Å². The van der Waals surface area contributed by atoms with Crippen molar-refractivity contribution in [1.82, 2.24) is 10.2 Å². The molecule has 1 N–H and O–H groups in total. The molecule has 1 unspecified atom stereocenters. The van der Waals surface area contributed by atoms with Crippen molar-refractivity contribution in [2.24, 2.45) is 16.3 Å². The van der Waals surface area contributed by atoms with Crippen LogP contribution in [0.1, 0.15) is 33.6 Å². The van der Waals surface area contributed by atoms with Gasteiger partial charge in [0.05, 0.1) is 11.5 Å². The van der Waals surface area contributed by atoms with Crippen LogP contribution in [0.5, 0.6) is 0 Å². The quantitative estimate of drug-likeness (QED) is 0.422. The summed E-state index contributed by atoms with van der Waals surface area (Å²) in [5, 5.41) is 3.33. The van der Waals surface area contributed by atoms with Gasteiger partial charge in [0.15, 0.2) is 15.8 Å². The first-order chi connectivity index (χ1) is 9.31. The molecule has 2 aliphatic rings. The Labute approximate surface area is 145 Å². The lowest BCUT2D eigenvalue weighted by molar-refractivity contribution is 0.369. The first-order valence-corrected chi connectivity index (χ1v) is 9.37. The van der Waals surface area contributed by atoms with E-state index in [0.29, 0.717) is 23.5 Å². The lowest BCUT2D eigenvalue weighted by Gasteiger charge is -2.24. The first-order valence-electron chi connectivity index (χ1n) is 7.55. The van der Waals surface area contributed by atoms with Crippen LogP contribution >= 0.6 is 24.0 Å². The molecule has 5 nitrogen and oxygen atoms in total. The first kappa shape index (κ1) is 19.0. The maximum Gasteiger partial charge on any atom is 0.193 e. The van der Waals surface area contributed by atoms with Crippen molar-refractivity contribution >= 4 is 39.8 Å². The fourth-order valence-corrected chi connectivity index (χ4v) is 4.80. The zero-order valence-electron chi connectivity index (χ0n) is 13.3. The van der Waals surface area contributed by atoms with E-state index in [-0.39, 0.29) is 29.9 Å². The lowest BCUT2D eigenvalue weighted by atomic mass is 9.93. The van der Waals surface area contributed by atoms with E-state index >= 15 is 0 Å². The van der Waals surface area contributed by atoms with E-state index in [0.717, 1.165) is 32.0 Å². The number of aliphatic imine (C=N–C) groups is 1. The van der Waals surface area contributed by atoms with Crippen LogP contribution in [0, 0.1) is 11.3 Å². The Kier molecular flexibility index (Phi) is 6.77. The van der Waals surface area contributed by atoms with Crippen molar-refractivity contribution in [3.8, 4) is 0 Å². The van der Waals surface area contributed by atoms with Crippen LogP contribution in [0.4, 0.5) is 0 Å². The van der Waals surface area contributed by atoms with Gasteiger partial charge in [-0.2, -0.15) is 0 Å². The van der Waals surface area contributed by atoms with Gasteiger partial charge in [-0.05, 0) is 31.1 Å². The molecule has 2 saturated heterocycles. The summed E-state index contributed by atoms with van der Waals surface area (Å²) in [4.78, 5) is 6.97. The highest BCUT2D eigenvalue weighted by atomic mass is 127. The Bertz CT molecular complexity index is 477. The Morgan fingerprint density at radius 2 is 2.14 bits per heavy atom. The molecule has 0 spiro atoms. The standard InChI is InChI=1S/C14H27N3O2S.HI/c1-4-15-13(17-7-6-14(2,3)11-17)16-9-12-5-8-20(18,19)10-12;/h12H,4-11H2,1-3H3,(H,15,16);1H. The van der Waals surface area contributed by atoms with E-state index in [1.54, 1.807) is 0 Å². The zero-order valence-corrected chi connectivity index (χ0v) is 16.4. The average molecular weight is 429 g/mol. The van der Waals surface area contributed by atoms with Crippen LogP contribution in [0.25, 0.3) is 0 Å². The second-order valence-electron chi connectivity index (χ2n) is 6.80. The van der Waals surface area contributed by atoms with Crippen LogP contribution in [0.3, 0.4) is 0 Å². The van der Waals surface area contributed by atoms with Crippen LogP contribution in [-0.4, -0.2) is 57.0 Å². The molecule has 2 heterocycles. The fourth-order valence-electron chi connectivity index (χ4n) is 2.95. The van der Waals surface area contributed by atoms with Crippen LogP contribution in [-0.2, 0) is 9.84 Å². The number of guanidine groups is 1. The number of nitrogens with zero attached hydrogens (tertiary/aromatic N) is 2. The predicted molar refractivity (Wildman–Crippen MR) is 98.1 cm³/mol. The molecule has 0 aliphatic carbocycles. The molecule has 124 valence electrons. The van der Waals surface area contributed by atoms with Crippen molar-refractivity contribution in [1.29, 1.82) is 0 Å². The van der Waals surface area contributed by atoms with Gasteiger partial charge in [0.1, 0.15) is 0 Å². The largest absolute Gasteiger partial charge is 0.357 e. The SMILES string of the molecule is CCNC(=NCC1CCS(=O)(=O)C1)N1CCC(C)(C)C1.I. The van der Waals surface area contributed by atoms with E-state index in [1.165, 1.54) is 6.42 Å². The minimum absolute atomic E-state index is 0. The number of halogens is 1. The number of hydrogen-bond donors (Lipinski definition) is 1. The van der Waals surface area contributed by atoms with Gasteiger partial charge >= 0.3 is 0 Å². The molecular weight excluding hydrogens is 401 g/mol. The molecule has 1 atom stereocenters. The van der Waals surface area contributed by atoms with Gasteiger partial charge in [-0.3, -0.25) is 4.99 Å². The highest BCUT2D eigenvalue weighted by Crippen LogP contribution is 2.28. The predicted octanol–water partition coefficient (Wildman–Crippen LogP) is 1.74. The molecule has 0 radical (unpaired) electrons. The summed E-state index contributed by atoms with van der Waals surface area (Å²) in [5.41, 5.74) is 0.340. The second kappa shape index (κ2) is 7.48. The van der Waals surface area contributed by atoms with Crippen molar-refractivity contribution in [3.05, 3.63) is 0 Å². The molecule has 21 heavy (non-hydrogen) atoms. The van der Waals surface area contributed by atoms with E-state index in [9.17, 15) is 8.42 Å². The average Bonchev–Trinajstić information content (AvgIpc) is 2.87. The van der Waals surface area contributed by atoms with Crippen LogP contribution < -0.4 is 5.32 Å². The Balaban J connectivity index is 0.00000220.